The minimum atomic E-state index is 0.590. The van der Waals surface area contributed by atoms with Gasteiger partial charge in [0.15, 0.2) is 0 Å². The molecule has 0 fully saturated rings. The second-order valence-electron chi connectivity index (χ2n) is 3.29. The van der Waals surface area contributed by atoms with Crippen LogP contribution in [0.3, 0.4) is 0 Å². The van der Waals surface area contributed by atoms with Crippen LogP contribution in [0, 0.1) is 0 Å². The summed E-state index contributed by atoms with van der Waals surface area (Å²) in [4.78, 5) is 2.36. The van der Waals surface area contributed by atoms with Gasteiger partial charge in [0.2, 0.25) is 0 Å². The summed E-state index contributed by atoms with van der Waals surface area (Å²) in [5.41, 5.74) is 0. The van der Waals surface area contributed by atoms with Crippen LogP contribution in [0.15, 0.2) is 12.7 Å². The molecule has 0 unspecified atom stereocenters. The Balaban J connectivity index is 3.37. The van der Waals surface area contributed by atoms with E-state index in [9.17, 15) is 0 Å². The molecule has 0 heterocycles. The predicted molar refractivity (Wildman–Crippen MR) is 55.4 cm³/mol. The lowest BCUT2D eigenvalue weighted by Gasteiger charge is -2.19. The summed E-state index contributed by atoms with van der Waals surface area (Å²) in [5, 5.41) is 3.39. The van der Waals surface area contributed by atoms with E-state index in [1.165, 1.54) is 0 Å². The van der Waals surface area contributed by atoms with Gasteiger partial charge in [0.05, 0.1) is 0 Å². The van der Waals surface area contributed by atoms with Crippen molar-refractivity contribution in [2.45, 2.75) is 26.8 Å². The molecule has 0 amide bonds. The maximum Gasteiger partial charge on any atom is 0.0161 e. The van der Waals surface area contributed by atoms with Crippen molar-refractivity contribution in [3.8, 4) is 0 Å². The number of likely N-dealkylation sites (N-methyl/N-ethyl adjacent to an activating group) is 1. The summed E-state index contributed by atoms with van der Waals surface area (Å²) in [7, 11) is 0. The number of nitrogens with zero attached hydrogens (tertiary/aromatic N) is 1. The Labute approximate surface area is 76.6 Å². The molecule has 0 bridgehead atoms. The maximum absolute atomic E-state index is 3.73. The molecule has 0 atom stereocenters. The molecule has 0 aromatic carbocycles. The minimum absolute atomic E-state index is 0.590. The van der Waals surface area contributed by atoms with Crippen LogP contribution in [-0.4, -0.2) is 37.1 Å². The molecule has 0 aliphatic carbocycles. The van der Waals surface area contributed by atoms with Gasteiger partial charge in [-0.3, -0.25) is 4.90 Å². The normalized spacial score (nSPS) is 11.1. The molecule has 12 heavy (non-hydrogen) atoms. The Kier molecular flexibility index (Phi) is 7.11. The lowest BCUT2D eigenvalue weighted by atomic mass is 10.4. The highest BCUT2D eigenvalue weighted by Gasteiger charge is 1.98. The first-order valence-electron chi connectivity index (χ1n) is 4.77. The van der Waals surface area contributed by atoms with Crippen molar-refractivity contribution in [2.75, 3.05) is 26.2 Å². The van der Waals surface area contributed by atoms with Gasteiger partial charge in [-0.05, 0) is 6.54 Å². The van der Waals surface area contributed by atoms with Crippen molar-refractivity contribution in [2.24, 2.45) is 0 Å². The summed E-state index contributed by atoms with van der Waals surface area (Å²) in [5.74, 6) is 0. The highest BCUT2D eigenvalue weighted by atomic mass is 15.1. The van der Waals surface area contributed by atoms with Crippen LogP contribution in [0.4, 0.5) is 0 Å². The third kappa shape index (κ3) is 6.38. The first-order valence-corrected chi connectivity index (χ1v) is 4.77. The van der Waals surface area contributed by atoms with Crippen molar-refractivity contribution in [3.63, 3.8) is 0 Å². The van der Waals surface area contributed by atoms with E-state index in [2.05, 4.69) is 37.6 Å². The predicted octanol–water partition coefficient (Wildman–Crippen LogP) is 1.49. The Bertz CT molecular complexity index is 110. The highest BCUT2D eigenvalue weighted by molar-refractivity contribution is 4.73. The maximum atomic E-state index is 3.73. The quantitative estimate of drug-likeness (QED) is 0.582. The molecule has 0 saturated carbocycles. The molecule has 0 radical (unpaired) electrons. The topological polar surface area (TPSA) is 15.3 Å². The van der Waals surface area contributed by atoms with Gasteiger partial charge in [-0.2, -0.15) is 0 Å². The summed E-state index contributed by atoms with van der Waals surface area (Å²) in [6.07, 6.45) is 1.96. The molecule has 0 aromatic rings. The molecule has 0 aromatic heterocycles. The molecular formula is C10H22N2. The molecule has 72 valence electrons. The number of nitrogens with one attached hydrogen (secondary N) is 1. The molecule has 0 saturated heterocycles. The molecule has 0 rings (SSSR count). The summed E-state index contributed by atoms with van der Waals surface area (Å²) in [6, 6.07) is 0.590. The second-order valence-corrected chi connectivity index (χ2v) is 3.29. The second kappa shape index (κ2) is 7.32. The third-order valence-electron chi connectivity index (χ3n) is 1.82. The molecule has 0 spiro atoms. The van der Waals surface area contributed by atoms with Crippen LogP contribution in [0.25, 0.3) is 0 Å². The average Bonchev–Trinajstić information content (AvgIpc) is 2.02. The fraction of sp³-hybridized carbons (Fsp3) is 0.800. The Morgan fingerprint density at radius 1 is 1.50 bits per heavy atom. The van der Waals surface area contributed by atoms with Gasteiger partial charge in [-0.25, -0.2) is 0 Å². The Morgan fingerprint density at radius 2 is 2.17 bits per heavy atom. The lowest BCUT2D eigenvalue weighted by molar-refractivity contribution is 0.313. The van der Waals surface area contributed by atoms with Crippen LogP contribution in [0.1, 0.15) is 20.8 Å². The molecule has 1 N–H and O–H groups in total. The van der Waals surface area contributed by atoms with E-state index in [-0.39, 0.29) is 0 Å². The third-order valence-corrected chi connectivity index (χ3v) is 1.82. The van der Waals surface area contributed by atoms with E-state index in [1.54, 1.807) is 0 Å². The van der Waals surface area contributed by atoms with Gasteiger partial charge >= 0.3 is 0 Å². The fourth-order valence-corrected chi connectivity index (χ4v) is 1.07. The first-order chi connectivity index (χ1) is 5.70. The van der Waals surface area contributed by atoms with E-state index in [4.69, 9.17) is 0 Å². The molecule has 2 nitrogen and oxygen atoms in total. The van der Waals surface area contributed by atoms with Crippen molar-refractivity contribution in [3.05, 3.63) is 12.7 Å². The highest BCUT2D eigenvalue weighted by Crippen LogP contribution is 1.86. The van der Waals surface area contributed by atoms with Crippen LogP contribution in [0.2, 0.25) is 0 Å². The smallest absolute Gasteiger partial charge is 0.0161 e. The standard InChI is InChI=1S/C10H22N2/c1-5-8-12(6-2)9-7-11-10(3)4/h5,10-11H,1,6-9H2,2-4H3. The van der Waals surface area contributed by atoms with Crippen LogP contribution in [0.5, 0.6) is 0 Å². The monoisotopic (exact) mass is 170 g/mol. The first kappa shape index (κ1) is 11.7. The van der Waals surface area contributed by atoms with Gasteiger partial charge in [0.25, 0.3) is 0 Å². The Morgan fingerprint density at radius 3 is 2.58 bits per heavy atom. The van der Waals surface area contributed by atoms with Gasteiger partial charge in [-0.1, -0.05) is 26.8 Å². The van der Waals surface area contributed by atoms with Crippen LogP contribution >= 0.6 is 0 Å². The van der Waals surface area contributed by atoms with E-state index < -0.39 is 0 Å². The van der Waals surface area contributed by atoms with Gasteiger partial charge < -0.3 is 5.32 Å². The summed E-state index contributed by atoms with van der Waals surface area (Å²) < 4.78 is 0. The zero-order chi connectivity index (χ0) is 9.40. The van der Waals surface area contributed by atoms with E-state index in [0.29, 0.717) is 6.04 Å². The molecule has 2 heteroatoms. The van der Waals surface area contributed by atoms with E-state index >= 15 is 0 Å². The number of hydrogen-bond donors (Lipinski definition) is 1. The number of rotatable bonds is 7. The summed E-state index contributed by atoms with van der Waals surface area (Å²) >= 11 is 0. The van der Waals surface area contributed by atoms with Crippen molar-refractivity contribution < 1.29 is 0 Å². The summed E-state index contributed by atoms with van der Waals surface area (Å²) in [6.45, 7) is 14.5. The van der Waals surface area contributed by atoms with Crippen molar-refractivity contribution in [1.82, 2.24) is 10.2 Å². The minimum Gasteiger partial charge on any atom is -0.313 e. The zero-order valence-electron chi connectivity index (χ0n) is 8.64. The number of hydrogen-bond acceptors (Lipinski definition) is 2. The van der Waals surface area contributed by atoms with E-state index in [0.717, 1.165) is 26.2 Å². The van der Waals surface area contributed by atoms with Gasteiger partial charge in [0, 0.05) is 25.7 Å². The zero-order valence-corrected chi connectivity index (χ0v) is 8.64. The van der Waals surface area contributed by atoms with Crippen molar-refractivity contribution >= 4 is 0 Å². The molecular weight excluding hydrogens is 148 g/mol. The van der Waals surface area contributed by atoms with Gasteiger partial charge in [-0.15, -0.1) is 6.58 Å². The lowest BCUT2D eigenvalue weighted by Crippen LogP contribution is -2.34. The Hall–Kier alpha value is -0.340. The van der Waals surface area contributed by atoms with E-state index in [1.807, 2.05) is 6.08 Å². The van der Waals surface area contributed by atoms with Crippen molar-refractivity contribution in [1.29, 1.82) is 0 Å². The molecule has 0 aliphatic rings. The fourth-order valence-electron chi connectivity index (χ4n) is 1.07. The SMILES string of the molecule is C=CCN(CC)CCNC(C)C. The van der Waals surface area contributed by atoms with Gasteiger partial charge in [0.1, 0.15) is 0 Å². The van der Waals surface area contributed by atoms with Crippen LogP contribution in [-0.2, 0) is 0 Å². The molecule has 0 aliphatic heterocycles. The average molecular weight is 170 g/mol. The largest absolute Gasteiger partial charge is 0.313 e. The van der Waals surface area contributed by atoms with Crippen LogP contribution < -0.4 is 5.32 Å².